The second-order valence-corrected chi connectivity index (χ2v) is 2.79. The van der Waals surface area contributed by atoms with Crippen molar-refractivity contribution in [3.63, 3.8) is 0 Å². The number of hydrogen-bond acceptors (Lipinski definition) is 4. The first kappa shape index (κ1) is 14.0. The number of hydrogen-bond donors (Lipinski definition) is 0. The Morgan fingerprint density at radius 1 is 1.39 bits per heavy atom. The van der Waals surface area contributed by atoms with Crippen molar-refractivity contribution in [1.82, 2.24) is 4.98 Å². The largest absolute Gasteiger partial charge is 0.573 e. The number of pyridine rings is 1. The molecule has 0 bridgehead atoms. The zero-order chi connectivity index (χ0) is 14.1. The standard InChI is InChI=1S/C7H2F6N2O3/c8-2-1-3(5(9)10)14-6(15(16)17)4(2)18-7(11,12)13/h1,5H. The second kappa shape index (κ2) is 4.66. The maximum absolute atomic E-state index is 13.1. The first-order valence-corrected chi connectivity index (χ1v) is 4.00. The van der Waals surface area contributed by atoms with Crippen LogP contribution in [-0.2, 0) is 0 Å². The van der Waals surface area contributed by atoms with E-state index in [1.807, 2.05) is 0 Å². The van der Waals surface area contributed by atoms with Crippen LogP contribution >= 0.6 is 0 Å². The van der Waals surface area contributed by atoms with Gasteiger partial charge in [0.1, 0.15) is 0 Å². The van der Waals surface area contributed by atoms with E-state index in [1.165, 1.54) is 0 Å². The minimum Gasteiger partial charge on any atom is -0.393 e. The quantitative estimate of drug-likeness (QED) is 0.483. The molecule has 100 valence electrons. The Morgan fingerprint density at radius 2 is 1.94 bits per heavy atom. The number of alkyl halides is 5. The molecule has 18 heavy (non-hydrogen) atoms. The SMILES string of the molecule is O=[N+]([O-])c1nc(C(F)F)cc(F)c1OC(F)(F)F. The van der Waals surface area contributed by atoms with Crippen LogP contribution in [0.4, 0.5) is 32.2 Å². The molecule has 0 aromatic carbocycles. The van der Waals surface area contributed by atoms with Gasteiger partial charge in [0.25, 0.3) is 5.75 Å². The van der Waals surface area contributed by atoms with Crippen molar-refractivity contribution in [3.05, 3.63) is 27.7 Å². The summed E-state index contributed by atoms with van der Waals surface area (Å²) < 4.78 is 75.9. The number of nitro groups is 1. The normalized spacial score (nSPS) is 11.7. The molecule has 0 unspecified atom stereocenters. The van der Waals surface area contributed by atoms with Crippen molar-refractivity contribution in [2.75, 3.05) is 0 Å². The van der Waals surface area contributed by atoms with Crippen LogP contribution in [0.5, 0.6) is 5.75 Å². The van der Waals surface area contributed by atoms with Gasteiger partial charge >= 0.3 is 18.6 Å². The predicted octanol–water partition coefficient (Wildman–Crippen LogP) is 2.97. The van der Waals surface area contributed by atoms with Gasteiger partial charge in [0, 0.05) is 6.07 Å². The van der Waals surface area contributed by atoms with Crippen LogP contribution in [0.2, 0.25) is 0 Å². The molecule has 0 saturated heterocycles. The van der Waals surface area contributed by atoms with Crippen molar-refractivity contribution in [2.45, 2.75) is 12.8 Å². The fourth-order valence-corrected chi connectivity index (χ4v) is 0.953. The molecule has 11 heteroatoms. The predicted molar refractivity (Wildman–Crippen MR) is 42.5 cm³/mol. The zero-order valence-corrected chi connectivity index (χ0v) is 8.04. The van der Waals surface area contributed by atoms with E-state index >= 15 is 0 Å². The lowest BCUT2D eigenvalue weighted by Gasteiger charge is -2.09. The van der Waals surface area contributed by atoms with Crippen LogP contribution in [0.1, 0.15) is 12.1 Å². The summed E-state index contributed by atoms with van der Waals surface area (Å²) in [6, 6.07) is -0.0707. The Labute approximate surface area is 94.1 Å². The van der Waals surface area contributed by atoms with Crippen molar-refractivity contribution in [2.24, 2.45) is 0 Å². The van der Waals surface area contributed by atoms with Crippen LogP contribution < -0.4 is 4.74 Å². The highest BCUT2D eigenvalue weighted by atomic mass is 19.4. The van der Waals surface area contributed by atoms with Gasteiger partial charge in [0.2, 0.25) is 5.69 Å². The van der Waals surface area contributed by atoms with E-state index in [9.17, 15) is 36.5 Å². The highest BCUT2D eigenvalue weighted by Crippen LogP contribution is 2.35. The Kier molecular flexibility index (Phi) is 3.62. The lowest BCUT2D eigenvalue weighted by Crippen LogP contribution is -2.19. The number of rotatable bonds is 3. The van der Waals surface area contributed by atoms with E-state index in [4.69, 9.17) is 0 Å². The van der Waals surface area contributed by atoms with Gasteiger partial charge in [-0.2, -0.15) is 0 Å². The van der Waals surface area contributed by atoms with Crippen LogP contribution in [0.25, 0.3) is 0 Å². The van der Waals surface area contributed by atoms with Gasteiger partial charge in [-0.3, -0.25) is 0 Å². The molecule has 0 aliphatic heterocycles. The summed E-state index contributed by atoms with van der Waals surface area (Å²) in [5.41, 5.74) is -1.37. The zero-order valence-electron chi connectivity index (χ0n) is 8.04. The first-order valence-electron chi connectivity index (χ1n) is 4.00. The fourth-order valence-electron chi connectivity index (χ4n) is 0.953. The Morgan fingerprint density at radius 3 is 2.33 bits per heavy atom. The Balaban J connectivity index is 3.37. The molecule has 1 rings (SSSR count). The van der Waals surface area contributed by atoms with Gasteiger partial charge in [-0.25, -0.2) is 13.2 Å². The van der Waals surface area contributed by atoms with Crippen molar-refractivity contribution in [1.29, 1.82) is 0 Å². The minimum atomic E-state index is -5.42. The maximum atomic E-state index is 13.1. The topological polar surface area (TPSA) is 65.3 Å². The molecule has 0 aliphatic carbocycles. The maximum Gasteiger partial charge on any atom is 0.573 e. The number of aromatic nitrogens is 1. The Bertz CT molecular complexity index is 475. The first-order chi connectivity index (χ1) is 8.11. The molecule has 0 spiro atoms. The highest BCUT2D eigenvalue weighted by molar-refractivity contribution is 5.42. The van der Waals surface area contributed by atoms with E-state index in [0.29, 0.717) is 0 Å². The summed E-state index contributed by atoms with van der Waals surface area (Å²) in [5.74, 6) is -5.59. The van der Waals surface area contributed by atoms with Gasteiger partial charge in [0.15, 0.2) is 5.82 Å². The van der Waals surface area contributed by atoms with Gasteiger partial charge < -0.3 is 14.9 Å². The summed E-state index contributed by atoms with van der Waals surface area (Å²) in [6.07, 6.45) is -8.79. The number of halogens is 6. The smallest absolute Gasteiger partial charge is 0.393 e. The molecule has 0 aliphatic rings. The molecule has 0 atom stereocenters. The molecule has 1 aromatic heterocycles. The van der Waals surface area contributed by atoms with Crippen molar-refractivity contribution < 1.29 is 36.0 Å². The van der Waals surface area contributed by atoms with Crippen LogP contribution in [0.15, 0.2) is 6.07 Å². The lowest BCUT2D eigenvalue weighted by molar-refractivity contribution is -0.393. The lowest BCUT2D eigenvalue weighted by atomic mass is 10.3. The van der Waals surface area contributed by atoms with Gasteiger partial charge in [-0.15, -0.1) is 13.2 Å². The van der Waals surface area contributed by atoms with Crippen molar-refractivity contribution in [3.8, 4) is 5.75 Å². The van der Waals surface area contributed by atoms with E-state index in [2.05, 4.69) is 9.72 Å². The minimum absolute atomic E-state index is 0.0707. The van der Waals surface area contributed by atoms with Gasteiger partial charge in [0.05, 0.1) is 0 Å². The van der Waals surface area contributed by atoms with Crippen LogP contribution in [0.3, 0.4) is 0 Å². The molecule has 1 heterocycles. The molecular formula is C7H2F6N2O3. The third kappa shape index (κ3) is 3.21. The van der Waals surface area contributed by atoms with E-state index in [1.54, 1.807) is 0 Å². The van der Waals surface area contributed by atoms with Crippen LogP contribution in [0, 0.1) is 15.9 Å². The van der Waals surface area contributed by atoms with Crippen molar-refractivity contribution >= 4 is 5.82 Å². The highest BCUT2D eigenvalue weighted by Gasteiger charge is 2.38. The number of ether oxygens (including phenoxy) is 1. The number of nitrogens with zero attached hydrogens (tertiary/aromatic N) is 2. The third-order valence-corrected chi connectivity index (χ3v) is 1.54. The fraction of sp³-hybridized carbons (Fsp3) is 0.286. The summed E-state index contributed by atoms with van der Waals surface area (Å²) in [4.78, 5) is 11.4. The van der Waals surface area contributed by atoms with Gasteiger partial charge in [-0.05, 0) is 9.91 Å². The van der Waals surface area contributed by atoms with Gasteiger partial charge in [-0.1, -0.05) is 0 Å². The molecule has 0 saturated carbocycles. The summed E-state index contributed by atoms with van der Waals surface area (Å²) in [7, 11) is 0. The summed E-state index contributed by atoms with van der Waals surface area (Å²) in [6.45, 7) is 0. The molecule has 0 radical (unpaired) electrons. The molecule has 1 aromatic rings. The second-order valence-electron chi connectivity index (χ2n) is 2.79. The van der Waals surface area contributed by atoms with E-state index < -0.39 is 40.8 Å². The molecule has 5 nitrogen and oxygen atoms in total. The Hall–Kier alpha value is -2.07. The van der Waals surface area contributed by atoms with E-state index in [0.717, 1.165) is 0 Å². The summed E-state index contributed by atoms with van der Waals surface area (Å²) in [5, 5.41) is 10.3. The average molecular weight is 276 g/mol. The summed E-state index contributed by atoms with van der Waals surface area (Å²) >= 11 is 0. The van der Waals surface area contributed by atoms with E-state index in [-0.39, 0.29) is 6.07 Å². The third-order valence-electron chi connectivity index (χ3n) is 1.54. The van der Waals surface area contributed by atoms with Crippen LogP contribution in [-0.4, -0.2) is 16.3 Å². The molecule has 0 amide bonds. The molecule has 0 N–H and O–H groups in total. The molecule has 0 fully saturated rings. The average Bonchev–Trinajstić information content (AvgIpc) is 2.18. The monoisotopic (exact) mass is 276 g/mol. The molecular weight excluding hydrogens is 274 g/mol.